The Labute approximate surface area is 127 Å². The molecule has 0 fully saturated rings. The van der Waals surface area contributed by atoms with Gasteiger partial charge in [-0.15, -0.1) is 22.7 Å². The first kappa shape index (κ1) is 13.6. The number of anilines is 1. The third kappa shape index (κ3) is 2.86. The van der Waals surface area contributed by atoms with Gasteiger partial charge < -0.3 is 5.32 Å². The molecule has 1 aromatic carbocycles. The van der Waals surface area contributed by atoms with Crippen LogP contribution in [0.1, 0.15) is 30.5 Å². The zero-order valence-corrected chi connectivity index (χ0v) is 13.6. The minimum atomic E-state index is 0.241. The van der Waals surface area contributed by atoms with Gasteiger partial charge in [0.25, 0.3) is 0 Å². The molecule has 0 aliphatic rings. The molecule has 0 aliphatic heterocycles. The third-order valence-corrected chi connectivity index (χ3v) is 5.50. The lowest BCUT2D eigenvalue weighted by Crippen LogP contribution is -2.07. The van der Waals surface area contributed by atoms with Crippen LogP contribution in [0, 0.1) is 0 Å². The van der Waals surface area contributed by atoms with Crippen molar-refractivity contribution < 1.29 is 0 Å². The van der Waals surface area contributed by atoms with Crippen molar-refractivity contribution in [2.24, 2.45) is 0 Å². The van der Waals surface area contributed by atoms with E-state index in [9.17, 15) is 0 Å². The molecular formula is C16H18N2S2. The first-order chi connectivity index (χ1) is 9.52. The minimum Gasteiger partial charge on any atom is -0.380 e. The van der Waals surface area contributed by atoms with Crippen LogP contribution in [0.25, 0.3) is 10.2 Å². The number of nitrogens with one attached hydrogen (secondary N) is 1. The average molecular weight is 302 g/mol. The highest BCUT2D eigenvalue weighted by Gasteiger charge is 2.15. The normalized spacial score (nSPS) is 11.9. The van der Waals surface area contributed by atoms with E-state index in [0.717, 1.165) is 17.7 Å². The molecule has 0 radical (unpaired) electrons. The highest BCUT2D eigenvalue weighted by atomic mass is 32.1. The molecule has 2 heterocycles. The predicted molar refractivity (Wildman–Crippen MR) is 90.0 cm³/mol. The van der Waals surface area contributed by atoms with Gasteiger partial charge in [0.1, 0.15) is 0 Å². The molecule has 0 atom stereocenters. The van der Waals surface area contributed by atoms with Gasteiger partial charge in [0, 0.05) is 22.0 Å². The number of thiophene rings is 1. The molecule has 0 unspecified atom stereocenters. The summed E-state index contributed by atoms with van der Waals surface area (Å²) in [6, 6.07) is 10.8. The number of thiazole rings is 1. The Hall–Kier alpha value is -1.39. The minimum absolute atomic E-state index is 0.241. The molecule has 0 saturated heterocycles. The maximum absolute atomic E-state index is 4.30. The maximum atomic E-state index is 4.30. The molecule has 0 aliphatic carbocycles. The molecule has 104 valence electrons. The monoisotopic (exact) mass is 302 g/mol. The van der Waals surface area contributed by atoms with Gasteiger partial charge in [-0.2, -0.15) is 0 Å². The quantitative estimate of drug-likeness (QED) is 0.713. The number of hydrogen-bond acceptors (Lipinski definition) is 4. The fraction of sp³-hybridized carbons (Fsp3) is 0.312. The van der Waals surface area contributed by atoms with Gasteiger partial charge in [-0.1, -0.05) is 20.8 Å². The number of aromatic nitrogens is 1. The Morgan fingerprint density at radius 3 is 2.75 bits per heavy atom. The Morgan fingerprint density at radius 2 is 2.00 bits per heavy atom. The largest absolute Gasteiger partial charge is 0.380 e. The summed E-state index contributed by atoms with van der Waals surface area (Å²) in [5, 5.41) is 3.50. The van der Waals surface area contributed by atoms with E-state index in [1.165, 1.54) is 14.5 Å². The molecule has 2 nitrogen and oxygen atoms in total. The summed E-state index contributed by atoms with van der Waals surface area (Å²) in [5.74, 6) is 0. The number of nitrogens with zero attached hydrogens (tertiary/aromatic N) is 1. The Bertz CT molecular complexity index is 719. The summed E-state index contributed by atoms with van der Waals surface area (Å²) in [4.78, 5) is 7.11. The second kappa shape index (κ2) is 5.19. The molecule has 20 heavy (non-hydrogen) atoms. The lowest BCUT2D eigenvalue weighted by Gasteiger charge is -2.15. The third-order valence-electron chi connectivity index (χ3n) is 3.20. The van der Waals surface area contributed by atoms with Crippen LogP contribution in [-0.2, 0) is 12.0 Å². The molecule has 4 heteroatoms. The second-order valence-corrected chi connectivity index (χ2v) is 7.96. The van der Waals surface area contributed by atoms with Crippen molar-refractivity contribution in [3.05, 3.63) is 45.6 Å². The smallest absolute Gasteiger partial charge is 0.0813 e. The summed E-state index contributed by atoms with van der Waals surface area (Å²) in [7, 11) is 0. The molecule has 3 rings (SSSR count). The topological polar surface area (TPSA) is 24.9 Å². The van der Waals surface area contributed by atoms with Gasteiger partial charge in [0.2, 0.25) is 0 Å². The average Bonchev–Trinajstić information content (AvgIpc) is 3.04. The first-order valence-corrected chi connectivity index (χ1v) is 8.38. The van der Waals surface area contributed by atoms with Crippen LogP contribution in [0.15, 0.2) is 35.8 Å². The summed E-state index contributed by atoms with van der Waals surface area (Å²) < 4.78 is 1.23. The van der Waals surface area contributed by atoms with Gasteiger partial charge in [0.05, 0.1) is 15.7 Å². The summed E-state index contributed by atoms with van der Waals surface area (Å²) in [5.41, 5.74) is 4.37. The van der Waals surface area contributed by atoms with Crippen molar-refractivity contribution in [1.29, 1.82) is 0 Å². The maximum Gasteiger partial charge on any atom is 0.0813 e. The van der Waals surface area contributed by atoms with Crippen molar-refractivity contribution in [3.8, 4) is 0 Å². The van der Waals surface area contributed by atoms with Crippen molar-refractivity contribution in [1.82, 2.24) is 4.98 Å². The molecule has 0 bridgehead atoms. The van der Waals surface area contributed by atoms with Crippen LogP contribution < -0.4 is 5.32 Å². The van der Waals surface area contributed by atoms with E-state index < -0.39 is 0 Å². The number of rotatable bonds is 3. The van der Waals surface area contributed by atoms with E-state index in [1.54, 1.807) is 11.3 Å². The fourth-order valence-electron chi connectivity index (χ4n) is 2.03. The molecule has 0 spiro atoms. The SMILES string of the molecule is CC(C)(C)c1ccc(CNc2ccc3ncsc3c2)s1. The first-order valence-electron chi connectivity index (χ1n) is 6.69. The molecule has 0 saturated carbocycles. The standard InChI is InChI=1S/C16H18N2S2/c1-16(2,3)15-7-5-12(20-15)9-17-11-4-6-13-14(8-11)19-10-18-13/h4-8,10,17H,9H2,1-3H3. The van der Waals surface area contributed by atoms with Crippen molar-refractivity contribution >= 4 is 38.6 Å². The number of hydrogen-bond donors (Lipinski definition) is 1. The van der Waals surface area contributed by atoms with Crippen molar-refractivity contribution in [3.63, 3.8) is 0 Å². The summed E-state index contributed by atoms with van der Waals surface area (Å²) >= 11 is 3.57. The van der Waals surface area contributed by atoms with E-state index in [1.807, 2.05) is 16.8 Å². The predicted octanol–water partition coefficient (Wildman–Crippen LogP) is 5.27. The van der Waals surface area contributed by atoms with Crippen LogP contribution >= 0.6 is 22.7 Å². The zero-order chi connectivity index (χ0) is 14.2. The van der Waals surface area contributed by atoms with Crippen molar-refractivity contribution in [2.75, 3.05) is 5.32 Å². The highest BCUT2D eigenvalue weighted by molar-refractivity contribution is 7.16. The Balaban J connectivity index is 1.71. The summed E-state index contributed by atoms with van der Waals surface area (Å²) in [6.07, 6.45) is 0. The lowest BCUT2D eigenvalue weighted by molar-refractivity contribution is 0.604. The zero-order valence-electron chi connectivity index (χ0n) is 11.9. The van der Waals surface area contributed by atoms with Crippen LogP contribution in [0.2, 0.25) is 0 Å². The van der Waals surface area contributed by atoms with Gasteiger partial charge >= 0.3 is 0 Å². The number of fused-ring (bicyclic) bond motifs is 1. The van der Waals surface area contributed by atoms with E-state index in [-0.39, 0.29) is 5.41 Å². The number of benzene rings is 1. The van der Waals surface area contributed by atoms with Gasteiger partial charge in [-0.3, -0.25) is 0 Å². The van der Waals surface area contributed by atoms with E-state index in [2.05, 4.69) is 61.4 Å². The van der Waals surface area contributed by atoms with Crippen LogP contribution in [-0.4, -0.2) is 4.98 Å². The van der Waals surface area contributed by atoms with Crippen LogP contribution in [0.5, 0.6) is 0 Å². The van der Waals surface area contributed by atoms with Crippen LogP contribution in [0.3, 0.4) is 0 Å². The molecule has 1 N–H and O–H groups in total. The van der Waals surface area contributed by atoms with E-state index in [0.29, 0.717) is 0 Å². The van der Waals surface area contributed by atoms with E-state index >= 15 is 0 Å². The molecule has 3 aromatic rings. The summed E-state index contributed by atoms with van der Waals surface area (Å²) in [6.45, 7) is 7.65. The van der Waals surface area contributed by atoms with Gasteiger partial charge in [0.15, 0.2) is 0 Å². The van der Waals surface area contributed by atoms with Crippen LogP contribution in [0.4, 0.5) is 5.69 Å². The fourth-order valence-corrected chi connectivity index (χ4v) is 3.75. The Kier molecular flexibility index (Phi) is 3.52. The molecule has 2 aromatic heterocycles. The van der Waals surface area contributed by atoms with Gasteiger partial charge in [-0.05, 0) is 35.7 Å². The lowest BCUT2D eigenvalue weighted by atomic mass is 9.95. The highest BCUT2D eigenvalue weighted by Crippen LogP contribution is 2.30. The van der Waals surface area contributed by atoms with Crippen molar-refractivity contribution in [2.45, 2.75) is 32.7 Å². The van der Waals surface area contributed by atoms with Gasteiger partial charge in [-0.25, -0.2) is 4.98 Å². The second-order valence-electron chi connectivity index (χ2n) is 5.90. The molecule has 0 amide bonds. The molecular weight excluding hydrogens is 284 g/mol. The Morgan fingerprint density at radius 1 is 1.15 bits per heavy atom. The van der Waals surface area contributed by atoms with E-state index in [4.69, 9.17) is 0 Å².